The Morgan fingerprint density at radius 3 is 2.33 bits per heavy atom. The number of anilines is 1. The summed E-state index contributed by atoms with van der Waals surface area (Å²) in [7, 11) is -16.2. The third kappa shape index (κ3) is 7.36. The molecular weight excluding hydrogens is 551 g/mol. The number of hydrogen-bond donors (Lipinski definition) is 6. The minimum atomic E-state index is -5.63. The van der Waals surface area contributed by atoms with E-state index in [1.807, 2.05) is 6.92 Å². The van der Waals surface area contributed by atoms with Crippen LogP contribution in [-0.4, -0.2) is 75.9 Å². The predicted molar refractivity (Wildman–Crippen MR) is 119 cm³/mol. The van der Waals surface area contributed by atoms with E-state index in [9.17, 15) is 38.6 Å². The van der Waals surface area contributed by atoms with E-state index < -0.39 is 54.6 Å². The average Bonchev–Trinajstić information content (AvgIpc) is 3.31. The summed E-state index contributed by atoms with van der Waals surface area (Å²) in [6.07, 6.45) is -1.81. The number of aliphatic hydroxyl groups is 2. The van der Waals surface area contributed by atoms with Crippen LogP contribution in [0.25, 0.3) is 11.2 Å². The second-order valence-electron chi connectivity index (χ2n) is 7.53. The molecule has 1 saturated heterocycles. The predicted octanol–water partition coefficient (Wildman–Crippen LogP) is 0.585. The molecule has 0 saturated carbocycles. The molecule has 1 fully saturated rings. The molecule has 0 aliphatic carbocycles. The lowest BCUT2D eigenvalue weighted by atomic mass is 10.1. The maximum absolute atomic E-state index is 12.1. The Hall–Kier alpha value is -1.36. The summed E-state index contributed by atoms with van der Waals surface area (Å²) in [5, 5.41) is 20.7. The molecule has 2 aromatic rings. The zero-order valence-electron chi connectivity index (χ0n) is 18.7. The van der Waals surface area contributed by atoms with Gasteiger partial charge < -0.3 is 35.4 Å². The van der Waals surface area contributed by atoms with Crippen molar-refractivity contribution in [2.75, 3.05) is 18.9 Å². The Balaban J connectivity index is 1.59. The van der Waals surface area contributed by atoms with Crippen LogP contribution in [0.3, 0.4) is 0 Å². The molecular formula is C15H26N5O13P3. The molecule has 0 spiro atoms. The number of hydrogen-bond acceptors (Lipinski definition) is 14. The number of nitrogen functional groups attached to an aromatic ring is 1. The first-order valence-corrected chi connectivity index (χ1v) is 14.9. The van der Waals surface area contributed by atoms with Crippen LogP contribution in [0.4, 0.5) is 5.82 Å². The van der Waals surface area contributed by atoms with Gasteiger partial charge in [0.1, 0.15) is 30.2 Å². The Morgan fingerprint density at radius 2 is 1.67 bits per heavy atom. The molecule has 36 heavy (non-hydrogen) atoms. The van der Waals surface area contributed by atoms with Gasteiger partial charge in [-0.2, -0.15) is 8.62 Å². The number of phosphoric acid groups is 3. The van der Waals surface area contributed by atoms with Crippen molar-refractivity contribution in [3.8, 4) is 0 Å². The second-order valence-corrected chi connectivity index (χ2v) is 12.2. The van der Waals surface area contributed by atoms with Crippen molar-refractivity contribution in [3.05, 3.63) is 12.7 Å². The van der Waals surface area contributed by atoms with Crippen LogP contribution < -0.4 is 5.73 Å². The maximum atomic E-state index is 12.1. The Morgan fingerprint density at radius 1 is 1.00 bits per heavy atom. The number of nitrogens with zero attached hydrogens (tertiary/aromatic N) is 4. The van der Waals surface area contributed by atoms with Crippen molar-refractivity contribution in [1.82, 2.24) is 19.5 Å². The first-order valence-electron chi connectivity index (χ1n) is 10.4. The lowest BCUT2D eigenvalue weighted by Gasteiger charge is -2.20. The van der Waals surface area contributed by atoms with Gasteiger partial charge in [-0.15, -0.1) is 0 Å². The number of nitrogens with two attached hydrogens (primary N) is 1. The first-order chi connectivity index (χ1) is 16.8. The number of imidazole rings is 1. The van der Waals surface area contributed by atoms with Crippen LogP contribution in [0.5, 0.6) is 0 Å². The molecule has 21 heteroatoms. The maximum Gasteiger partial charge on any atom is 0.490 e. The van der Waals surface area contributed by atoms with Crippen molar-refractivity contribution in [1.29, 1.82) is 0 Å². The molecule has 0 bridgehead atoms. The smallest absolute Gasteiger partial charge is 0.387 e. The molecule has 0 radical (unpaired) electrons. The molecule has 0 aromatic carbocycles. The van der Waals surface area contributed by atoms with Gasteiger partial charge in [0.05, 0.1) is 19.5 Å². The minimum Gasteiger partial charge on any atom is -0.387 e. The third-order valence-electron chi connectivity index (χ3n) is 4.82. The molecule has 2 aromatic heterocycles. The molecule has 0 amide bonds. The van der Waals surface area contributed by atoms with Crippen LogP contribution in [0.1, 0.15) is 32.4 Å². The number of ether oxygens (including phenoxy) is 1. The Kier molecular flexibility index (Phi) is 9.39. The van der Waals surface area contributed by atoms with Gasteiger partial charge in [-0.1, -0.05) is 19.8 Å². The van der Waals surface area contributed by atoms with Crippen LogP contribution >= 0.6 is 23.5 Å². The average molecular weight is 577 g/mol. The highest BCUT2D eigenvalue weighted by atomic mass is 31.3. The molecule has 3 rings (SSSR count). The van der Waals surface area contributed by atoms with Crippen LogP contribution in [0, 0.1) is 0 Å². The summed E-state index contributed by atoms with van der Waals surface area (Å²) < 4.78 is 59.6. The molecule has 18 nitrogen and oxygen atoms in total. The van der Waals surface area contributed by atoms with Crippen LogP contribution in [0.2, 0.25) is 0 Å². The van der Waals surface area contributed by atoms with Gasteiger partial charge in [-0.25, -0.2) is 28.6 Å². The fourth-order valence-electron chi connectivity index (χ4n) is 3.18. The standard InChI is InChI=1S/C15H26N5O13P3/c1-2-3-4-5-29-34(23,24)32-36(27,28)33-35(25,26)30-6-9-11(21)12(22)15(31-9)20-8-19-10-13(16)17-7-18-14(10)20/h7-9,11-12,15,21-22H,2-6H2,1H3,(H,23,24)(H,25,26)(H,27,28)(H2,16,17,18)/t9-,11-,12-,15-/m1/s1. The molecule has 7 N–H and O–H groups in total. The summed E-state index contributed by atoms with van der Waals surface area (Å²) in [6.45, 7) is 0.668. The minimum absolute atomic E-state index is 0.0551. The fraction of sp³-hybridized carbons (Fsp3) is 0.667. The third-order valence-corrected chi connectivity index (χ3v) is 9.10. The van der Waals surface area contributed by atoms with Crippen molar-refractivity contribution in [3.63, 3.8) is 0 Å². The normalized spacial score (nSPS) is 27.5. The topological polar surface area (TPSA) is 268 Å². The first kappa shape index (κ1) is 29.2. The zero-order valence-corrected chi connectivity index (χ0v) is 21.4. The lowest BCUT2D eigenvalue weighted by molar-refractivity contribution is -0.0503. The monoisotopic (exact) mass is 577 g/mol. The van der Waals surface area contributed by atoms with Gasteiger partial charge in [0.2, 0.25) is 0 Å². The van der Waals surface area contributed by atoms with E-state index in [1.165, 1.54) is 10.9 Å². The highest BCUT2D eigenvalue weighted by molar-refractivity contribution is 7.66. The van der Waals surface area contributed by atoms with Gasteiger partial charge in [0, 0.05) is 0 Å². The number of phosphoric ester groups is 2. The number of rotatable bonds is 13. The fourth-order valence-corrected chi connectivity index (χ4v) is 6.72. The zero-order chi connectivity index (χ0) is 26.7. The van der Waals surface area contributed by atoms with Crippen molar-refractivity contribution in [2.24, 2.45) is 0 Å². The lowest BCUT2D eigenvalue weighted by Crippen LogP contribution is -2.33. The molecule has 3 unspecified atom stereocenters. The van der Waals surface area contributed by atoms with Crippen molar-refractivity contribution in [2.45, 2.75) is 50.7 Å². The van der Waals surface area contributed by atoms with E-state index in [2.05, 4.69) is 32.6 Å². The summed E-state index contributed by atoms with van der Waals surface area (Å²) in [6, 6.07) is 0. The van der Waals surface area contributed by atoms with E-state index in [4.69, 9.17) is 10.5 Å². The number of aromatic nitrogens is 4. The van der Waals surface area contributed by atoms with E-state index in [0.29, 0.717) is 12.8 Å². The Labute approximate surface area is 203 Å². The Bertz CT molecular complexity index is 1200. The number of fused-ring (bicyclic) bond motifs is 1. The highest BCUT2D eigenvalue weighted by Crippen LogP contribution is 2.67. The van der Waals surface area contributed by atoms with Gasteiger partial charge in [-0.05, 0) is 6.42 Å². The largest absolute Gasteiger partial charge is 0.490 e. The van der Waals surface area contributed by atoms with Crippen LogP contribution in [-0.2, 0) is 36.1 Å². The summed E-state index contributed by atoms with van der Waals surface area (Å²) >= 11 is 0. The number of aliphatic hydroxyl groups excluding tert-OH is 2. The quantitative estimate of drug-likeness (QED) is 0.140. The van der Waals surface area contributed by atoms with Crippen LogP contribution in [0.15, 0.2) is 12.7 Å². The molecule has 3 heterocycles. The van der Waals surface area contributed by atoms with Gasteiger partial charge in [0.25, 0.3) is 0 Å². The summed E-state index contributed by atoms with van der Waals surface area (Å²) in [5.74, 6) is 0.0551. The molecule has 1 aliphatic heterocycles. The highest BCUT2D eigenvalue weighted by Gasteiger charge is 2.47. The van der Waals surface area contributed by atoms with Gasteiger partial charge >= 0.3 is 23.5 Å². The van der Waals surface area contributed by atoms with E-state index >= 15 is 0 Å². The van der Waals surface area contributed by atoms with E-state index in [0.717, 1.165) is 12.7 Å². The van der Waals surface area contributed by atoms with Gasteiger partial charge in [0.15, 0.2) is 17.7 Å². The molecule has 7 atom stereocenters. The van der Waals surface area contributed by atoms with E-state index in [1.54, 1.807) is 0 Å². The SMILES string of the molecule is CCCCCOP(=O)(O)OP(=O)(O)OP(=O)(O)OC[C@H]1O[C@@H](n2cnc3c(N)ncnc32)[C@H](O)[C@@H]1O. The summed E-state index contributed by atoms with van der Waals surface area (Å²) in [5.41, 5.74) is 6.08. The molecule has 204 valence electrons. The van der Waals surface area contributed by atoms with Crippen molar-refractivity contribution < 1.29 is 61.0 Å². The summed E-state index contributed by atoms with van der Waals surface area (Å²) in [4.78, 5) is 40.6. The number of unbranched alkanes of at least 4 members (excludes halogenated alkanes) is 2. The second kappa shape index (κ2) is 11.6. The molecule has 1 aliphatic rings. The van der Waals surface area contributed by atoms with Crippen molar-refractivity contribution >= 4 is 40.4 Å². The van der Waals surface area contributed by atoms with Gasteiger partial charge in [-0.3, -0.25) is 13.6 Å². The van der Waals surface area contributed by atoms with E-state index in [-0.39, 0.29) is 23.6 Å².